The maximum Gasteiger partial charge on any atom is 0.162 e. The number of aliphatic hydroxyl groups is 1. The van der Waals surface area contributed by atoms with Gasteiger partial charge in [-0.2, -0.15) is 0 Å². The van der Waals surface area contributed by atoms with E-state index in [2.05, 4.69) is 88.0 Å². The smallest absolute Gasteiger partial charge is 0.162 e. The van der Waals surface area contributed by atoms with Crippen LogP contribution in [0.5, 0.6) is 0 Å². The number of ketones is 1. The van der Waals surface area contributed by atoms with Crippen LogP contribution in [0.25, 0.3) is 37.8 Å². The van der Waals surface area contributed by atoms with Crippen LogP contribution in [0.1, 0.15) is 97.8 Å². The van der Waals surface area contributed by atoms with Crippen LogP contribution in [0.4, 0.5) is 5.69 Å². The van der Waals surface area contributed by atoms with Crippen molar-refractivity contribution in [3.8, 4) is 11.3 Å². The molecule has 45 heavy (non-hydrogen) atoms. The van der Waals surface area contributed by atoms with E-state index in [1.54, 1.807) is 0 Å². The minimum Gasteiger partial charge on any atom is -0.512 e. The summed E-state index contributed by atoms with van der Waals surface area (Å²) in [7, 11) is 0. The van der Waals surface area contributed by atoms with Gasteiger partial charge in [-0.3, -0.25) is 14.6 Å². The van der Waals surface area contributed by atoms with Crippen molar-refractivity contribution in [2.75, 3.05) is 0 Å². The number of hydrogen-bond acceptors (Lipinski definition) is 3. The molecule has 0 amide bonds. The first-order chi connectivity index (χ1) is 20.9. The van der Waals surface area contributed by atoms with E-state index in [9.17, 15) is 9.90 Å². The first kappa shape index (κ1) is 36.2. The number of fused-ring (bicyclic) bond motifs is 5. The van der Waals surface area contributed by atoms with Crippen molar-refractivity contribution < 1.29 is 30.0 Å². The fourth-order valence-electron chi connectivity index (χ4n) is 6.53. The predicted molar refractivity (Wildman–Crippen MR) is 184 cm³/mol. The molecule has 3 aromatic carbocycles. The van der Waals surface area contributed by atoms with Crippen molar-refractivity contribution in [1.82, 2.24) is 4.98 Å². The molecule has 0 atom stereocenters. The van der Waals surface area contributed by atoms with Crippen molar-refractivity contribution in [2.24, 2.45) is 11.8 Å². The van der Waals surface area contributed by atoms with Crippen LogP contribution >= 0.6 is 0 Å². The zero-order valence-corrected chi connectivity index (χ0v) is 30.7. The Labute approximate surface area is 283 Å². The molecule has 0 unspecified atom stereocenters. The number of carbonyl (C=O) groups is 1. The molecule has 1 heterocycles. The van der Waals surface area contributed by atoms with Gasteiger partial charge in [0, 0.05) is 43.7 Å². The van der Waals surface area contributed by atoms with Crippen LogP contribution in [0, 0.1) is 31.4 Å². The number of carbonyl (C=O) groups excluding carboxylic acids is 1. The second-order valence-electron chi connectivity index (χ2n) is 13.2. The second-order valence-corrected chi connectivity index (χ2v) is 13.2. The summed E-state index contributed by atoms with van der Waals surface area (Å²) in [6.07, 6.45) is 4.91. The minimum absolute atomic E-state index is 0. The standard InChI is InChI=1S/C27H23N2.C13H24O2.Ir/c1-16-11-12-17-14-20-23(25(28-6)19(17)13-16)27(4,5)26(2,3)21-15-18-9-7-8-10-22(18)29-24(20)21;1-5-10(6-2)12(14)9-13(15)11(7-3)8-4;/h7-13,15H,1-5H3;9-11,14H,5-8H2,1-4H3;/q-1;;/b;12-9-;. The van der Waals surface area contributed by atoms with E-state index in [0.717, 1.165) is 75.4 Å². The fourth-order valence-corrected chi connectivity index (χ4v) is 6.53. The molecule has 0 spiro atoms. The number of nitrogens with zero attached hydrogens (tertiary/aromatic N) is 2. The summed E-state index contributed by atoms with van der Waals surface area (Å²) in [5.74, 6) is 0.547. The molecule has 0 saturated heterocycles. The number of aliphatic hydroxyl groups excluding tert-OH is 1. The van der Waals surface area contributed by atoms with Crippen molar-refractivity contribution in [1.29, 1.82) is 0 Å². The summed E-state index contributed by atoms with van der Waals surface area (Å²) < 4.78 is 0. The zero-order valence-electron chi connectivity index (χ0n) is 28.3. The number of rotatable bonds is 7. The van der Waals surface area contributed by atoms with Crippen LogP contribution in [0.3, 0.4) is 0 Å². The van der Waals surface area contributed by atoms with Gasteiger partial charge in [0.2, 0.25) is 0 Å². The van der Waals surface area contributed by atoms with E-state index in [0.29, 0.717) is 0 Å². The van der Waals surface area contributed by atoms with Crippen LogP contribution in [0.15, 0.2) is 60.4 Å². The van der Waals surface area contributed by atoms with Crippen molar-refractivity contribution >= 4 is 33.1 Å². The Morgan fingerprint density at radius 3 is 2.18 bits per heavy atom. The Balaban J connectivity index is 0.000000297. The number of allylic oxidation sites excluding steroid dienone is 2. The summed E-state index contributed by atoms with van der Waals surface area (Å²) in [6, 6.07) is 20.5. The van der Waals surface area contributed by atoms with Gasteiger partial charge in [0.15, 0.2) is 5.78 Å². The average molecular weight is 780 g/mol. The Kier molecular flexibility index (Phi) is 11.6. The largest absolute Gasteiger partial charge is 0.512 e. The maximum atomic E-state index is 11.7. The molecule has 0 saturated carbocycles. The fraction of sp³-hybridized carbons (Fsp3) is 0.425. The zero-order chi connectivity index (χ0) is 32.4. The molecular formula is C40H47IrN2O2-. The van der Waals surface area contributed by atoms with Gasteiger partial charge < -0.3 is 5.11 Å². The number of benzene rings is 3. The van der Waals surface area contributed by atoms with Crippen LogP contribution in [-0.4, -0.2) is 15.9 Å². The first-order valence-electron chi connectivity index (χ1n) is 16.1. The number of aryl methyl sites for hydroxylation is 1. The number of pyridine rings is 1. The van der Waals surface area contributed by atoms with Crippen molar-refractivity contribution in [3.05, 3.63) is 94.5 Å². The van der Waals surface area contributed by atoms with Gasteiger partial charge >= 0.3 is 0 Å². The molecule has 239 valence electrons. The molecule has 1 aromatic heterocycles. The topological polar surface area (TPSA) is 54.5 Å². The molecule has 1 aliphatic rings. The molecule has 0 bridgehead atoms. The van der Waals surface area contributed by atoms with Gasteiger partial charge in [0.05, 0.1) is 17.8 Å². The van der Waals surface area contributed by atoms with Gasteiger partial charge in [-0.25, -0.2) is 0 Å². The third kappa shape index (κ3) is 6.65. The molecule has 5 heteroatoms. The third-order valence-corrected chi connectivity index (χ3v) is 10.2. The summed E-state index contributed by atoms with van der Waals surface area (Å²) in [6.45, 7) is 27.3. The van der Waals surface area contributed by atoms with E-state index < -0.39 is 0 Å². The third-order valence-electron chi connectivity index (χ3n) is 10.2. The Morgan fingerprint density at radius 1 is 0.956 bits per heavy atom. The van der Waals surface area contributed by atoms with Gasteiger partial charge in [-0.05, 0) is 60.5 Å². The number of para-hydroxylation sites is 1. The van der Waals surface area contributed by atoms with Crippen molar-refractivity contribution in [3.63, 3.8) is 0 Å². The average Bonchev–Trinajstić information content (AvgIpc) is 3.00. The monoisotopic (exact) mass is 780 g/mol. The molecule has 1 N–H and O–H groups in total. The van der Waals surface area contributed by atoms with Crippen molar-refractivity contribution in [2.45, 2.75) is 98.8 Å². The molecule has 0 fully saturated rings. The number of aromatic nitrogens is 1. The van der Waals surface area contributed by atoms with Crippen LogP contribution in [-0.2, 0) is 35.7 Å². The van der Waals surface area contributed by atoms with Crippen LogP contribution < -0.4 is 0 Å². The predicted octanol–water partition coefficient (Wildman–Crippen LogP) is 11.2. The van der Waals surface area contributed by atoms with E-state index in [-0.39, 0.29) is 54.3 Å². The minimum atomic E-state index is -0.242. The molecule has 4 nitrogen and oxygen atoms in total. The summed E-state index contributed by atoms with van der Waals surface area (Å²) in [5.41, 5.74) is 6.72. The van der Waals surface area contributed by atoms with E-state index >= 15 is 0 Å². The summed E-state index contributed by atoms with van der Waals surface area (Å²) in [5, 5.41) is 12.9. The van der Waals surface area contributed by atoms with E-state index in [4.69, 9.17) is 11.6 Å². The SMILES string of the molecule is CCC(CC)C(=O)/C=C(\O)C(CC)CC.[C-]#[N+]c1c2c([c-]c3ccc(C)cc13)-c1nc3ccccc3cc1C(C)(C)C2(C)C.[Ir]. The maximum absolute atomic E-state index is 11.7. The molecule has 4 aromatic rings. The van der Waals surface area contributed by atoms with Gasteiger partial charge in [-0.1, -0.05) is 108 Å². The first-order valence-corrected chi connectivity index (χ1v) is 16.1. The Hall–Kier alpha value is -3.32. The number of hydrogen-bond donors (Lipinski definition) is 1. The molecule has 1 aliphatic carbocycles. The van der Waals surface area contributed by atoms with Gasteiger partial charge in [0.1, 0.15) is 5.69 Å². The van der Waals surface area contributed by atoms with Crippen LogP contribution in [0.2, 0.25) is 0 Å². The molecule has 5 rings (SSSR count). The molecule has 1 radical (unpaired) electrons. The molecule has 0 aliphatic heterocycles. The van der Waals surface area contributed by atoms with E-state index in [1.165, 1.54) is 11.6 Å². The Bertz CT molecular complexity index is 1770. The normalized spacial score (nSPS) is 14.7. The van der Waals surface area contributed by atoms with Gasteiger partial charge in [-0.15, -0.1) is 23.1 Å². The summed E-state index contributed by atoms with van der Waals surface area (Å²) >= 11 is 0. The summed E-state index contributed by atoms with van der Waals surface area (Å²) in [4.78, 5) is 20.9. The second kappa shape index (κ2) is 14.4. The van der Waals surface area contributed by atoms with Gasteiger partial charge in [0.25, 0.3) is 0 Å². The Morgan fingerprint density at radius 2 is 1.58 bits per heavy atom. The quantitative estimate of drug-likeness (QED) is 0.115. The molecular weight excluding hydrogens is 733 g/mol. The van der Waals surface area contributed by atoms with E-state index in [1.807, 2.05) is 33.8 Å².